The Labute approximate surface area is 93.5 Å². The normalized spacial score (nSPS) is 39.0. The van der Waals surface area contributed by atoms with Crippen molar-refractivity contribution in [1.82, 2.24) is 5.32 Å². The molecule has 0 spiro atoms. The number of aliphatic hydroxyl groups excluding tert-OH is 1. The van der Waals surface area contributed by atoms with Crippen LogP contribution in [0.25, 0.3) is 0 Å². The molecule has 0 amide bonds. The van der Waals surface area contributed by atoms with Crippen molar-refractivity contribution in [3.05, 3.63) is 0 Å². The van der Waals surface area contributed by atoms with Crippen LogP contribution in [0, 0.1) is 17.8 Å². The molecular weight excluding hydrogens is 186 g/mol. The second kappa shape index (κ2) is 4.84. The Morgan fingerprint density at radius 1 is 1.13 bits per heavy atom. The van der Waals surface area contributed by atoms with Crippen molar-refractivity contribution in [2.24, 2.45) is 17.8 Å². The van der Waals surface area contributed by atoms with Crippen LogP contribution in [-0.4, -0.2) is 23.8 Å². The summed E-state index contributed by atoms with van der Waals surface area (Å²) in [5, 5.41) is 13.5. The maximum atomic E-state index is 10.1. The standard InChI is InChI=1S/C13H25NO/c1-9-3-4-11(7-10(9)2)13(15)8-14-12-5-6-12/h9-15H,3-8H2,1-2H3. The van der Waals surface area contributed by atoms with Gasteiger partial charge in [0.05, 0.1) is 6.10 Å². The van der Waals surface area contributed by atoms with Crippen LogP contribution in [0.1, 0.15) is 46.0 Å². The summed E-state index contributed by atoms with van der Waals surface area (Å²) in [7, 11) is 0. The molecule has 2 rings (SSSR count). The van der Waals surface area contributed by atoms with Crippen LogP contribution >= 0.6 is 0 Å². The smallest absolute Gasteiger partial charge is 0.0692 e. The van der Waals surface area contributed by atoms with Gasteiger partial charge in [-0.05, 0) is 43.4 Å². The van der Waals surface area contributed by atoms with Gasteiger partial charge in [-0.1, -0.05) is 20.3 Å². The highest BCUT2D eigenvalue weighted by Gasteiger charge is 2.30. The second-order valence-electron chi connectivity index (χ2n) is 5.78. The van der Waals surface area contributed by atoms with Gasteiger partial charge in [-0.25, -0.2) is 0 Å². The Kier molecular flexibility index (Phi) is 3.68. The highest BCUT2D eigenvalue weighted by Crippen LogP contribution is 2.35. The van der Waals surface area contributed by atoms with E-state index in [1.165, 1.54) is 32.1 Å². The quantitative estimate of drug-likeness (QED) is 0.747. The fourth-order valence-electron chi connectivity index (χ4n) is 2.68. The van der Waals surface area contributed by atoms with Crippen LogP contribution in [0.2, 0.25) is 0 Å². The van der Waals surface area contributed by atoms with Gasteiger partial charge in [-0.15, -0.1) is 0 Å². The van der Waals surface area contributed by atoms with Gasteiger partial charge in [0.15, 0.2) is 0 Å². The monoisotopic (exact) mass is 211 g/mol. The van der Waals surface area contributed by atoms with E-state index in [-0.39, 0.29) is 6.10 Å². The lowest BCUT2D eigenvalue weighted by Gasteiger charge is -2.34. The van der Waals surface area contributed by atoms with E-state index in [1.54, 1.807) is 0 Å². The minimum Gasteiger partial charge on any atom is -0.392 e. The Morgan fingerprint density at radius 2 is 1.87 bits per heavy atom. The molecule has 88 valence electrons. The molecule has 4 atom stereocenters. The van der Waals surface area contributed by atoms with E-state index in [2.05, 4.69) is 19.2 Å². The van der Waals surface area contributed by atoms with Gasteiger partial charge in [0.25, 0.3) is 0 Å². The van der Waals surface area contributed by atoms with Gasteiger partial charge < -0.3 is 10.4 Å². The van der Waals surface area contributed by atoms with Crippen LogP contribution in [0.15, 0.2) is 0 Å². The first-order valence-corrected chi connectivity index (χ1v) is 6.58. The van der Waals surface area contributed by atoms with Crippen molar-refractivity contribution in [3.8, 4) is 0 Å². The topological polar surface area (TPSA) is 32.3 Å². The average Bonchev–Trinajstić information content (AvgIpc) is 3.02. The zero-order valence-corrected chi connectivity index (χ0v) is 10.1. The lowest BCUT2D eigenvalue weighted by molar-refractivity contribution is 0.0564. The molecule has 0 radical (unpaired) electrons. The maximum absolute atomic E-state index is 10.1. The minimum atomic E-state index is -0.111. The number of hydrogen-bond acceptors (Lipinski definition) is 2. The largest absolute Gasteiger partial charge is 0.392 e. The molecule has 2 fully saturated rings. The first-order chi connectivity index (χ1) is 7.16. The molecule has 2 saturated carbocycles. The number of hydrogen-bond donors (Lipinski definition) is 2. The average molecular weight is 211 g/mol. The first kappa shape index (κ1) is 11.4. The van der Waals surface area contributed by atoms with E-state index in [9.17, 15) is 5.11 Å². The Hall–Kier alpha value is -0.0800. The minimum absolute atomic E-state index is 0.111. The van der Waals surface area contributed by atoms with Crippen molar-refractivity contribution in [2.75, 3.05) is 6.54 Å². The predicted molar refractivity (Wildman–Crippen MR) is 62.7 cm³/mol. The summed E-state index contributed by atoms with van der Waals surface area (Å²) >= 11 is 0. The second-order valence-corrected chi connectivity index (χ2v) is 5.78. The predicted octanol–water partition coefficient (Wildman–Crippen LogP) is 2.17. The highest BCUT2D eigenvalue weighted by atomic mass is 16.3. The number of rotatable bonds is 4. The summed E-state index contributed by atoms with van der Waals surface area (Å²) in [5.41, 5.74) is 0. The van der Waals surface area contributed by atoms with Gasteiger partial charge in [-0.2, -0.15) is 0 Å². The van der Waals surface area contributed by atoms with Crippen molar-refractivity contribution in [3.63, 3.8) is 0 Å². The molecule has 2 aliphatic rings. The third kappa shape index (κ3) is 3.18. The first-order valence-electron chi connectivity index (χ1n) is 6.58. The van der Waals surface area contributed by atoms with Gasteiger partial charge in [-0.3, -0.25) is 0 Å². The van der Waals surface area contributed by atoms with Crippen molar-refractivity contribution in [2.45, 2.75) is 58.1 Å². The van der Waals surface area contributed by atoms with Gasteiger partial charge in [0.2, 0.25) is 0 Å². The summed E-state index contributed by atoms with van der Waals surface area (Å²) in [6, 6.07) is 0.722. The Morgan fingerprint density at radius 3 is 2.47 bits per heavy atom. The van der Waals surface area contributed by atoms with Crippen LogP contribution in [0.4, 0.5) is 0 Å². The van der Waals surface area contributed by atoms with E-state index in [4.69, 9.17) is 0 Å². The number of aliphatic hydroxyl groups is 1. The van der Waals surface area contributed by atoms with Crippen molar-refractivity contribution in [1.29, 1.82) is 0 Å². The molecule has 0 saturated heterocycles. The summed E-state index contributed by atoms with van der Waals surface area (Å²) in [4.78, 5) is 0. The van der Waals surface area contributed by atoms with E-state index >= 15 is 0 Å². The van der Waals surface area contributed by atoms with E-state index in [0.717, 1.165) is 24.4 Å². The molecule has 2 aliphatic carbocycles. The number of nitrogens with one attached hydrogen (secondary N) is 1. The summed E-state index contributed by atoms with van der Waals surface area (Å²) in [6.07, 6.45) is 6.25. The van der Waals surface area contributed by atoms with Crippen LogP contribution in [0.3, 0.4) is 0 Å². The molecule has 2 heteroatoms. The molecular formula is C13H25NO. The highest BCUT2D eigenvalue weighted by molar-refractivity contribution is 4.85. The maximum Gasteiger partial charge on any atom is 0.0692 e. The molecule has 0 heterocycles. The van der Waals surface area contributed by atoms with Gasteiger partial charge >= 0.3 is 0 Å². The van der Waals surface area contributed by atoms with Crippen LogP contribution in [-0.2, 0) is 0 Å². The molecule has 0 bridgehead atoms. The Bertz CT molecular complexity index is 203. The van der Waals surface area contributed by atoms with Crippen molar-refractivity contribution >= 4 is 0 Å². The molecule has 15 heavy (non-hydrogen) atoms. The van der Waals surface area contributed by atoms with Gasteiger partial charge in [0, 0.05) is 12.6 Å². The van der Waals surface area contributed by atoms with E-state index in [0.29, 0.717) is 5.92 Å². The molecule has 0 aromatic carbocycles. The SMILES string of the molecule is CC1CCC(C(O)CNC2CC2)CC1C. The fraction of sp³-hybridized carbons (Fsp3) is 1.00. The lowest BCUT2D eigenvalue weighted by Crippen LogP contribution is -2.37. The zero-order valence-electron chi connectivity index (χ0n) is 10.1. The summed E-state index contributed by atoms with van der Waals surface area (Å²) in [6.45, 7) is 5.49. The zero-order chi connectivity index (χ0) is 10.8. The van der Waals surface area contributed by atoms with Crippen LogP contribution in [0.5, 0.6) is 0 Å². The fourth-order valence-corrected chi connectivity index (χ4v) is 2.68. The molecule has 2 nitrogen and oxygen atoms in total. The lowest BCUT2D eigenvalue weighted by atomic mass is 9.74. The van der Waals surface area contributed by atoms with E-state index in [1.807, 2.05) is 0 Å². The Balaban J connectivity index is 1.71. The van der Waals surface area contributed by atoms with Crippen LogP contribution < -0.4 is 5.32 Å². The molecule has 0 aromatic heterocycles. The molecule has 2 N–H and O–H groups in total. The third-order valence-corrected chi connectivity index (χ3v) is 4.38. The van der Waals surface area contributed by atoms with Crippen molar-refractivity contribution < 1.29 is 5.11 Å². The van der Waals surface area contributed by atoms with E-state index < -0.39 is 0 Å². The summed E-state index contributed by atoms with van der Waals surface area (Å²) < 4.78 is 0. The molecule has 0 aliphatic heterocycles. The molecule has 0 aromatic rings. The summed E-state index contributed by atoms with van der Waals surface area (Å²) in [5.74, 6) is 2.19. The third-order valence-electron chi connectivity index (χ3n) is 4.38. The molecule has 4 unspecified atom stereocenters. The van der Waals surface area contributed by atoms with Gasteiger partial charge in [0.1, 0.15) is 0 Å².